The second-order valence-electron chi connectivity index (χ2n) is 8.42. The molecule has 1 amide bonds. The predicted molar refractivity (Wildman–Crippen MR) is 127 cm³/mol. The second kappa shape index (κ2) is 10.4. The van der Waals surface area contributed by atoms with Gasteiger partial charge in [0.2, 0.25) is 5.91 Å². The summed E-state index contributed by atoms with van der Waals surface area (Å²) >= 11 is 0. The highest BCUT2D eigenvalue weighted by atomic mass is 16.1. The van der Waals surface area contributed by atoms with E-state index in [9.17, 15) is 4.79 Å². The molecule has 0 unspecified atom stereocenters. The molecule has 0 spiro atoms. The normalized spacial score (nSPS) is 15.0. The van der Waals surface area contributed by atoms with Crippen LogP contribution in [0.1, 0.15) is 16.7 Å². The number of likely N-dealkylation sites (N-methyl/N-ethyl adjacent to an activating group) is 1. The van der Waals surface area contributed by atoms with Gasteiger partial charge in [0.25, 0.3) is 0 Å². The summed E-state index contributed by atoms with van der Waals surface area (Å²) in [5, 5.41) is 3.07. The average Bonchev–Trinajstić information content (AvgIpc) is 2.81. The van der Waals surface area contributed by atoms with Crippen LogP contribution in [-0.2, 0) is 24.3 Å². The molecule has 3 aromatic carbocycles. The minimum absolute atomic E-state index is 0.0527. The molecule has 0 radical (unpaired) electrons. The lowest BCUT2D eigenvalue weighted by Crippen LogP contribution is -2.43. The minimum atomic E-state index is 0.0527. The van der Waals surface area contributed by atoms with Gasteiger partial charge in [-0.2, -0.15) is 0 Å². The highest BCUT2D eigenvalue weighted by molar-refractivity contribution is 5.78. The van der Waals surface area contributed by atoms with Crippen LogP contribution in [0.4, 0.5) is 0 Å². The molecule has 4 rings (SSSR count). The maximum atomic E-state index is 12.4. The standard InChI is InChI=1S/C27H31N3O/c1-29-14-16-30(17-15-29)21-24-7-5-6-23(18-24)20-28-27(31)19-22-10-12-26(13-11-22)25-8-3-2-4-9-25/h2-13,18H,14-17,19-21H2,1H3,(H,28,31). The first-order chi connectivity index (χ1) is 15.2. The molecule has 1 N–H and O–H groups in total. The molecule has 1 saturated heterocycles. The average molecular weight is 414 g/mol. The van der Waals surface area contributed by atoms with Crippen molar-refractivity contribution in [3.63, 3.8) is 0 Å². The molecule has 0 aliphatic carbocycles. The fourth-order valence-corrected chi connectivity index (χ4v) is 4.00. The molecule has 1 aliphatic rings. The Morgan fingerprint density at radius 3 is 2.19 bits per heavy atom. The topological polar surface area (TPSA) is 35.6 Å². The van der Waals surface area contributed by atoms with Gasteiger partial charge in [0.05, 0.1) is 6.42 Å². The summed E-state index contributed by atoms with van der Waals surface area (Å²) in [4.78, 5) is 17.3. The van der Waals surface area contributed by atoms with Crippen molar-refractivity contribution in [2.24, 2.45) is 0 Å². The fourth-order valence-electron chi connectivity index (χ4n) is 4.00. The quantitative estimate of drug-likeness (QED) is 0.637. The molecule has 3 aromatic rings. The van der Waals surface area contributed by atoms with Crippen molar-refractivity contribution in [1.82, 2.24) is 15.1 Å². The molecule has 0 aromatic heterocycles. The fraction of sp³-hybridized carbons (Fsp3) is 0.296. The van der Waals surface area contributed by atoms with Crippen LogP contribution >= 0.6 is 0 Å². The van der Waals surface area contributed by atoms with Crippen LogP contribution in [0.5, 0.6) is 0 Å². The van der Waals surface area contributed by atoms with Crippen molar-refractivity contribution >= 4 is 5.91 Å². The number of hydrogen-bond acceptors (Lipinski definition) is 3. The lowest BCUT2D eigenvalue weighted by Gasteiger charge is -2.32. The van der Waals surface area contributed by atoms with Gasteiger partial charge in [-0.1, -0.05) is 78.9 Å². The van der Waals surface area contributed by atoms with Crippen molar-refractivity contribution in [2.45, 2.75) is 19.5 Å². The largest absolute Gasteiger partial charge is 0.352 e. The zero-order chi connectivity index (χ0) is 21.5. The van der Waals surface area contributed by atoms with Crippen LogP contribution < -0.4 is 5.32 Å². The van der Waals surface area contributed by atoms with Gasteiger partial charge in [-0.25, -0.2) is 0 Å². The first-order valence-electron chi connectivity index (χ1n) is 11.1. The molecule has 0 saturated carbocycles. The molecule has 1 aliphatic heterocycles. The Hall–Kier alpha value is -2.95. The Morgan fingerprint density at radius 1 is 0.774 bits per heavy atom. The van der Waals surface area contributed by atoms with E-state index in [2.05, 4.69) is 70.7 Å². The van der Waals surface area contributed by atoms with Gasteiger partial charge < -0.3 is 10.2 Å². The first-order valence-corrected chi connectivity index (χ1v) is 11.1. The summed E-state index contributed by atoms with van der Waals surface area (Å²) in [5.41, 5.74) is 5.85. The Morgan fingerprint density at radius 2 is 1.45 bits per heavy atom. The Bertz CT molecular complexity index is 977. The minimum Gasteiger partial charge on any atom is -0.352 e. The molecule has 160 valence electrons. The van der Waals surface area contributed by atoms with Crippen molar-refractivity contribution in [2.75, 3.05) is 33.2 Å². The van der Waals surface area contributed by atoms with Crippen molar-refractivity contribution in [3.8, 4) is 11.1 Å². The lowest BCUT2D eigenvalue weighted by atomic mass is 10.0. The van der Waals surface area contributed by atoms with E-state index in [1.807, 2.05) is 30.3 Å². The molecule has 0 bridgehead atoms. The summed E-state index contributed by atoms with van der Waals surface area (Å²) in [5.74, 6) is 0.0527. The van der Waals surface area contributed by atoms with E-state index in [-0.39, 0.29) is 5.91 Å². The van der Waals surface area contributed by atoms with Gasteiger partial charge in [-0.3, -0.25) is 9.69 Å². The molecule has 4 nitrogen and oxygen atoms in total. The van der Waals surface area contributed by atoms with E-state index in [0.717, 1.165) is 43.9 Å². The van der Waals surface area contributed by atoms with Crippen LogP contribution in [0.25, 0.3) is 11.1 Å². The Balaban J connectivity index is 1.27. The number of benzene rings is 3. The third-order valence-corrected chi connectivity index (χ3v) is 5.91. The van der Waals surface area contributed by atoms with Gasteiger partial charge in [0.15, 0.2) is 0 Å². The van der Waals surface area contributed by atoms with Crippen molar-refractivity contribution in [3.05, 3.63) is 95.6 Å². The molecule has 31 heavy (non-hydrogen) atoms. The third kappa shape index (κ3) is 6.27. The molecule has 4 heteroatoms. The van der Waals surface area contributed by atoms with E-state index in [1.165, 1.54) is 16.7 Å². The van der Waals surface area contributed by atoms with Crippen LogP contribution in [0.3, 0.4) is 0 Å². The highest BCUT2D eigenvalue weighted by Gasteiger charge is 2.14. The SMILES string of the molecule is CN1CCN(Cc2cccc(CNC(=O)Cc3ccc(-c4ccccc4)cc3)c2)CC1. The predicted octanol–water partition coefficient (Wildman–Crippen LogP) is 3.96. The summed E-state index contributed by atoms with van der Waals surface area (Å²) in [6, 6.07) is 27.1. The number of amides is 1. The zero-order valence-corrected chi connectivity index (χ0v) is 18.3. The summed E-state index contributed by atoms with van der Waals surface area (Å²) in [7, 11) is 2.18. The summed E-state index contributed by atoms with van der Waals surface area (Å²) in [6.45, 7) is 6.02. The van der Waals surface area contributed by atoms with Gasteiger partial charge >= 0.3 is 0 Å². The monoisotopic (exact) mass is 413 g/mol. The summed E-state index contributed by atoms with van der Waals surface area (Å²) < 4.78 is 0. The van der Waals surface area contributed by atoms with E-state index in [0.29, 0.717) is 13.0 Å². The lowest BCUT2D eigenvalue weighted by molar-refractivity contribution is -0.120. The number of nitrogens with zero attached hydrogens (tertiary/aromatic N) is 2. The van der Waals surface area contributed by atoms with Crippen molar-refractivity contribution < 1.29 is 4.79 Å². The van der Waals surface area contributed by atoms with E-state index in [1.54, 1.807) is 0 Å². The summed E-state index contributed by atoms with van der Waals surface area (Å²) in [6.07, 6.45) is 0.399. The van der Waals surface area contributed by atoms with Crippen LogP contribution in [0.2, 0.25) is 0 Å². The number of hydrogen-bond donors (Lipinski definition) is 1. The Kier molecular flexibility index (Phi) is 7.13. The zero-order valence-electron chi connectivity index (χ0n) is 18.3. The Labute approximate surface area is 185 Å². The first kappa shape index (κ1) is 21.3. The molecule has 0 atom stereocenters. The second-order valence-corrected chi connectivity index (χ2v) is 8.42. The van der Waals surface area contributed by atoms with Gasteiger partial charge in [-0.05, 0) is 34.9 Å². The van der Waals surface area contributed by atoms with Gasteiger partial charge in [0.1, 0.15) is 0 Å². The molecule has 1 heterocycles. The molecule has 1 fully saturated rings. The van der Waals surface area contributed by atoms with Crippen LogP contribution in [-0.4, -0.2) is 48.9 Å². The van der Waals surface area contributed by atoms with Gasteiger partial charge in [0, 0.05) is 39.3 Å². The highest BCUT2D eigenvalue weighted by Crippen LogP contribution is 2.19. The number of rotatable bonds is 7. The van der Waals surface area contributed by atoms with E-state index >= 15 is 0 Å². The maximum Gasteiger partial charge on any atom is 0.224 e. The molecular formula is C27H31N3O. The van der Waals surface area contributed by atoms with E-state index in [4.69, 9.17) is 0 Å². The smallest absolute Gasteiger partial charge is 0.224 e. The number of nitrogens with one attached hydrogen (secondary N) is 1. The van der Waals surface area contributed by atoms with Crippen LogP contribution in [0.15, 0.2) is 78.9 Å². The molecular weight excluding hydrogens is 382 g/mol. The number of piperazine rings is 1. The van der Waals surface area contributed by atoms with Gasteiger partial charge in [-0.15, -0.1) is 0 Å². The van der Waals surface area contributed by atoms with Crippen molar-refractivity contribution in [1.29, 1.82) is 0 Å². The third-order valence-electron chi connectivity index (χ3n) is 5.91. The van der Waals surface area contributed by atoms with E-state index < -0.39 is 0 Å². The number of carbonyl (C=O) groups is 1. The number of carbonyl (C=O) groups excluding carboxylic acids is 1. The van der Waals surface area contributed by atoms with Crippen LogP contribution in [0, 0.1) is 0 Å². The maximum absolute atomic E-state index is 12.4.